The Hall–Kier alpha value is -2.01. The van der Waals surface area contributed by atoms with Crippen LogP contribution in [0.4, 0.5) is 4.39 Å². The zero-order valence-electron chi connectivity index (χ0n) is 12.3. The quantitative estimate of drug-likeness (QED) is 0.946. The first-order valence-electron chi connectivity index (χ1n) is 7.78. The fourth-order valence-electron chi connectivity index (χ4n) is 3.05. The summed E-state index contributed by atoms with van der Waals surface area (Å²) < 4.78 is 13.8. The number of nitrogens with zero attached hydrogens (tertiary/aromatic N) is 2. The molecule has 0 atom stereocenters. The minimum absolute atomic E-state index is 0.0230. The molecular weight excluding hydrogens is 281 g/mol. The molecule has 22 heavy (non-hydrogen) atoms. The van der Waals surface area contributed by atoms with Gasteiger partial charge in [0.1, 0.15) is 11.6 Å². The van der Waals surface area contributed by atoms with E-state index < -0.39 is 0 Å². The largest absolute Gasteiger partial charge is 0.310 e. The summed E-state index contributed by atoms with van der Waals surface area (Å²) in [5.74, 6) is 1.12. The van der Waals surface area contributed by atoms with Crippen molar-refractivity contribution in [1.82, 2.24) is 14.9 Å². The highest BCUT2D eigenvalue weighted by atomic mass is 19.1. The Morgan fingerprint density at radius 2 is 2.14 bits per heavy atom. The van der Waals surface area contributed by atoms with E-state index in [0.717, 1.165) is 42.9 Å². The average Bonchev–Trinajstić information content (AvgIpc) is 3.35. The second-order valence-corrected chi connectivity index (χ2v) is 6.20. The van der Waals surface area contributed by atoms with Gasteiger partial charge in [-0.05, 0) is 18.9 Å². The number of hydrogen-bond acceptors (Lipinski definition) is 3. The van der Waals surface area contributed by atoms with E-state index in [1.807, 2.05) is 6.07 Å². The Balaban J connectivity index is 1.56. The summed E-state index contributed by atoms with van der Waals surface area (Å²) in [7, 11) is 0. The second kappa shape index (κ2) is 5.32. The lowest BCUT2D eigenvalue weighted by atomic mass is 10.1. The third-order valence-corrected chi connectivity index (χ3v) is 4.48. The number of H-pyrrole nitrogens is 1. The van der Waals surface area contributed by atoms with Crippen LogP contribution in [0.3, 0.4) is 0 Å². The van der Waals surface area contributed by atoms with Crippen molar-refractivity contribution in [2.45, 2.75) is 38.3 Å². The van der Waals surface area contributed by atoms with Crippen LogP contribution in [-0.4, -0.2) is 21.4 Å². The lowest BCUT2D eigenvalue weighted by Gasteiger charge is -2.27. The highest BCUT2D eigenvalue weighted by molar-refractivity contribution is 5.24. The maximum absolute atomic E-state index is 13.8. The van der Waals surface area contributed by atoms with Crippen LogP contribution in [0.25, 0.3) is 0 Å². The number of nitrogens with one attached hydrogen (secondary N) is 1. The number of benzene rings is 1. The SMILES string of the molecule is O=c1[nH]c(C2CC2)nc2c1CN(Cc1ccccc1F)CC2. The van der Waals surface area contributed by atoms with E-state index in [9.17, 15) is 9.18 Å². The molecule has 2 aromatic rings. The summed E-state index contributed by atoms with van der Waals surface area (Å²) in [6, 6.07) is 6.80. The van der Waals surface area contributed by atoms with Crippen molar-refractivity contribution in [3.8, 4) is 0 Å². The molecule has 0 unspecified atom stereocenters. The second-order valence-electron chi connectivity index (χ2n) is 6.20. The van der Waals surface area contributed by atoms with Crippen molar-refractivity contribution in [3.63, 3.8) is 0 Å². The van der Waals surface area contributed by atoms with E-state index in [2.05, 4.69) is 14.9 Å². The molecule has 0 saturated heterocycles. The Labute approximate surface area is 128 Å². The molecule has 1 saturated carbocycles. The predicted molar refractivity (Wildman–Crippen MR) is 81.1 cm³/mol. The molecule has 4 nitrogen and oxygen atoms in total. The van der Waals surface area contributed by atoms with Crippen LogP contribution in [0.5, 0.6) is 0 Å². The summed E-state index contributed by atoms with van der Waals surface area (Å²) in [4.78, 5) is 22.0. The van der Waals surface area contributed by atoms with Crippen molar-refractivity contribution in [3.05, 3.63) is 63.1 Å². The molecule has 114 valence electrons. The molecule has 4 rings (SSSR count). The van der Waals surface area contributed by atoms with E-state index in [4.69, 9.17) is 0 Å². The van der Waals surface area contributed by atoms with Gasteiger partial charge in [-0.1, -0.05) is 18.2 Å². The van der Waals surface area contributed by atoms with Gasteiger partial charge in [-0.25, -0.2) is 9.37 Å². The summed E-state index contributed by atoms with van der Waals surface area (Å²) in [6.45, 7) is 1.87. The molecular formula is C17H18FN3O. The Bertz CT molecular complexity index is 767. The van der Waals surface area contributed by atoms with Gasteiger partial charge in [0.15, 0.2) is 0 Å². The lowest BCUT2D eigenvalue weighted by Crippen LogP contribution is -2.36. The summed E-state index contributed by atoms with van der Waals surface area (Å²) in [5.41, 5.74) is 2.32. The standard InChI is InChI=1S/C17H18FN3O/c18-14-4-2-1-3-12(14)9-21-8-7-15-13(10-21)17(22)20-16(19-15)11-5-6-11/h1-4,11H,5-10H2,(H,19,20,22). The first kappa shape index (κ1) is 13.6. The van der Waals surface area contributed by atoms with Gasteiger partial charge in [-0.3, -0.25) is 9.69 Å². The third-order valence-electron chi connectivity index (χ3n) is 4.48. The van der Waals surface area contributed by atoms with Crippen LogP contribution in [0.1, 0.15) is 41.4 Å². The highest BCUT2D eigenvalue weighted by Gasteiger charge is 2.29. The maximum Gasteiger partial charge on any atom is 0.255 e. The van der Waals surface area contributed by atoms with E-state index in [-0.39, 0.29) is 11.4 Å². The van der Waals surface area contributed by atoms with Crippen LogP contribution in [0.15, 0.2) is 29.1 Å². The molecule has 1 N–H and O–H groups in total. The molecule has 1 aromatic carbocycles. The van der Waals surface area contributed by atoms with Gasteiger partial charge in [0.2, 0.25) is 0 Å². The van der Waals surface area contributed by atoms with Crippen molar-refractivity contribution >= 4 is 0 Å². The van der Waals surface area contributed by atoms with Crippen LogP contribution in [0.2, 0.25) is 0 Å². The number of rotatable bonds is 3. The number of hydrogen-bond donors (Lipinski definition) is 1. The lowest BCUT2D eigenvalue weighted by molar-refractivity contribution is 0.238. The molecule has 1 aliphatic heterocycles. The van der Waals surface area contributed by atoms with Crippen molar-refractivity contribution in [2.24, 2.45) is 0 Å². The number of halogens is 1. The summed E-state index contributed by atoms with van der Waals surface area (Å²) in [5, 5.41) is 0. The van der Waals surface area contributed by atoms with Crippen molar-refractivity contribution < 1.29 is 4.39 Å². The molecule has 1 aliphatic carbocycles. The van der Waals surface area contributed by atoms with Crippen LogP contribution in [-0.2, 0) is 19.5 Å². The predicted octanol–water partition coefficient (Wildman–Crippen LogP) is 2.34. The van der Waals surface area contributed by atoms with Crippen molar-refractivity contribution in [2.75, 3.05) is 6.54 Å². The zero-order chi connectivity index (χ0) is 15.1. The smallest absolute Gasteiger partial charge is 0.255 e. The van der Waals surface area contributed by atoms with Crippen LogP contribution in [0, 0.1) is 5.82 Å². The van der Waals surface area contributed by atoms with Crippen LogP contribution < -0.4 is 5.56 Å². The number of aromatic nitrogens is 2. The Morgan fingerprint density at radius 1 is 1.32 bits per heavy atom. The molecule has 0 radical (unpaired) electrons. The Kier molecular flexibility index (Phi) is 3.30. The van der Waals surface area contributed by atoms with E-state index in [1.165, 1.54) is 6.07 Å². The molecule has 0 spiro atoms. The first-order chi connectivity index (χ1) is 10.7. The molecule has 1 fully saturated rings. The summed E-state index contributed by atoms with van der Waals surface area (Å²) >= 11 is 0. The van der Waals surface area contributed by atoms with Gasteiger partial charge in [-0.15, -0.1) is 0 Å². The minimum atomic E-state index is -0.190. The van der Waals surface area contributed by atoms with E-state index in [1.54, 1.807) is 12.1 Å². The summed E-state index contributed by atoms with van der Waals surface area (Å²) in [6.07, 6.45) is 3.01. The number of aromatic amines is 1. The Morgan fingerprint density at radius 3 is 2.91 bits per heavy atom. The van der Waals surface area contributed by atoms with Gasteiger partial charge < -0.3 is 4.98 Å². The number of fused-ring (bicyclic) bond motifs is 1. The topological polar surface area (TPSA) is 49.0 Å². The normalized spacial score (nSPS) is 18.2. The maximum atomic E-state index is 13.8. The minimum Gasteiger partial charge on any atom is -0.310 e. The molecule has 0 amide bonds. The van der Waals surface area contributed by atoms with Gasteiger partial charge in [0.05, 0.1) is 11.3 Å². The molecule has 2 aliphatic rings. The average molecular weight is 299 g/mol. The fraction of sp³-hybridized carbons (Fsp3) is 0.412. The van der Waals surface area contributed by atoms with Crippen molar-refractivity contribution in [1.29, 1.82) is 0 Å². The molecule has 0 bridgehead atoms. The first-order valence-corrected chi connectivity index (χ1v) is 7.78. The third kappa shape index (κ3) is 2.57. The monoisotopic (exact) mass is 299 g/mol. The molecule has 5 heteroatoms. The van der Waals surface area contributed by atoms with Gasteiger partial charge in [0, 0.05) is 37.5 Å². The zero-order valence-corrected chi connectivity index (χ0v) is 12.3. The molecule has 1 aromatic heterocycles. The highest BCUT2D eigenvalue weighted by Crippen LogP contribution is 2.37. The van der Waals surface area contributed by atoms with Crippen LogP contribution >= 0.6 is 0 Å². The van der Waals surface area contributed by atoms with Gasteiger partial charge in [-0.2, -0.15) is 0 Å². The van der Waals surface area contributed by atoms with E-state index in [0.29, 0.717) is 24.6 Å². The van der Waals surface area contributed by atoms with Gasteiger partial charge >= 0.3 is 0 Å². The van der Waals surface area contributed by atoms with E-state index >= 15 is 0 Å². The fourth-order valence-corrected chi connectivity index (χ4v) is 3.05. The van der Waals surface area contributed by atoms with Gasteiger partial charge in [0.25, 0.3) is 5.56 Å². The molecule has 2 heterocycles.